The first-order valence-corrected chi connectivity index (χ1v) is 13.5. The molecule has 36 heavy (non-hydrogen) atoms. The number of Topliss-reactive ketones (excluding diaryl/α,β-unsaturated/α-hetero) is 1. The monoisotopic (exact) mass is 522 g/mol. The average molecular weight is 523 g/mol. The highest BCUT2D eigenvalue weighted by Crippen LogP contribution is 2.22. The molecule has 0 aromatic carbocycles. The van der Waals surface area contributed by atoms with Crippen LogP contribution in [-0.4, -0.2) is 95.2 Å². The molecule has 2 saturated heterocycles. The first-order chi connectivity index (χ1) is 17.0. The van der Waals surface area contributed by atoms with Crippen molar-refractivity contribution in [1.82, 2.24) is 23.8 Å². The van der Waals surface area contributed by atoms with Crippen molar-refractivity contribution in [3.05, 3.63) is 30.1 Å². The maximum Gasteiger partial charge on any atom is 0.282 e. The van der Waals surface area contributed by atoms with Crippen molar-refractivity contribution in [2.45, 2.75) is 51.6 Å². The van der Waals surface area contributed by atoms with E-state index in [2.05, 4.69) is 10.3 Å². The van der Waals surface area contributed by atoms with Crippen LogP contribution in [0.5, 0.6) is 0 Å². The smallest absolute Gasteiger partial charge is 0.282 e. The molecule has 2 aliphatic heterocycles. The van der Waals surface area contributed by atoms with E-state index in [9.17, 15) is 27.6 Å². The van der Waals surface area contributed by atoms with E-state index in [1.165, 1.54) is 14.8 Å². The number of carbonyl (C=O) groups excluding carboxylic acids is 4. The van der Waals surface area contributed by atoms with Gasteiger partial charge in [-0.15, -0.1) is 0 Å². The summed E-state index contributed by atoms with van der Waals surface area (Å²) in [5.41, 5.74) is 5.52. The molecule has 3 heterocycles. The molecule has 0 bridgehead atoms. The summed E-state index contributed by atoms with van der Waals surface area (Å²) in [6.45, 7) is 3.67. The Labute approximate surface area is 211 Å². The van der Waals surface area contributed by atoms with Crippen LogP contribution in [0.25, 0.3) is 0 Å². The molecule has 0 aliphatic carbocycles. The molecule has 2 aliphatic rings. The summed E-state index contributed by atoms with van der Waals surface area (Å²) in [5, 5.41) is 2.68. The number of aromatic nitrogens is 1. The predicted octanol–water partition coefficient (Wildman–Crippen LogP) is -0.476. The van der Waals surface area contributed by atoms with Crippen LogP contribution >= 0.6 is 0 Å². The Morgan fingerprint density at radius 1 is 1.17 bits per heavy atom. The minimum Gasteiger partial charge on any atom is -0.369 e. The van der Waals surface area contributed by atoms with Crippen molar-refractivity contribution in [1.29, 1.82) is 0 Å². The van der Waals surface area contributed by atoms with Gasteiger partial charge in [-0.3, -0.25) is 24.2 Å². The van der Waals surface area contributed by atoms with Gasteiger partial charge in [-0.25, -0.2) is 0 Å². The van der Waals surface area contributed by atoms with Crippen LogP contribution in [0.15, 0.2) is 24.4 Å². The summed E-state index contributed by atoms with van der Waals surface area (Å²) in [6.07, 6.45) is 2.56. The van der Waals surface area contributed by atoms with Crippen molar-refractivity contribution in [2.75, 3.05) is 32.7 Å². The predicted molar refractivity (Wildman–Crippen MR) is 131 cm³/mol. The average Bonchev–Trinajstić information content (AvgIpc) is 3.01. The zero-order valence-electron chi connectivity index (χ0n) is 20.6. The van der Waals surface area contributed by atoms with E-state index in [0.717, 1.165) is 0 Å². The third-order valence-electron chi connectivity index (χ3n) is 6.72. The number of primary amides is 1. The van der Waals surface area contributed by atoms with Crippen LogP contribution in [0.1, 0.15) is 50.0 Å². The molecule has 3 rings (SSSR count). The van der Waals surface area contributed by atoms with E-state index in [4.69, 9.17) is 5.73 Å². The Morgan fingerprint density at radius 2 is 1.86 bits per heavy atom. The van der Waals surface area contributed by atoms with Crippen molar-refractivity contribution in [2.24, 2.45) is 11.7 Å². The van der Waals surface area contributed by atoms with E-state index < -0.39 is 34.1 Å². The summed E-state index contributed by atoms with van der Waals surface area (Å²) in [5.74, 6) is -1.97. The fraction of sp³-hybridized carbons (Fsp3) is 0.609. The number of hydrogen-bond acceptors (Lipinski definition) is 7. The number of nitrogens with one attached hydrogen (secondary N) is 1. The van der Waals surface area contributed by atoms with Crippen molar-refractivity contribution >= 4 is 33.7 Å². The van der Waals surface area contributed by atoms with Crippen molar-refractivity contribution < 1.29 is 27.6 Å². The Hall–Kier alpha value is -2.90. The number of ketones is 1. The molecular weight excluding hydrogens is 488 g/mol. The van der Waals surface area contributed by atoms with Crippen molar-refractivity contribution in [3.8, 4) is 0 Å². The lowest BCUT2D eigenvalue weighted by Gasteiger charge is -2.37. The van der Waals surface area contributed by atoms with E-state index in [0.29, 0.717) is 18.5 Å². The highest BCUT2D eigenvalue weighted by molar-refractivity contribution is 7.86. The number of piperazine rings is 1. The number of carbonyl (C=O) groups is 4. The second kappa shape index (κ2) is 11.9. The number of amides is 3. The number of nitrogens with two attached hydrogens (primary N) is 1. The third kappa shape index (κ3) is 6.65. The van der Waals surface area contributed by atoms with Gasteiger partial charge < -0.3 is 16.0 Å². The maximum absolute atomic E-state index is 13.4. The largest absolute Gasteiger partial charge is 0.369 e. The summed E-state index contributed by atoms with van der Waals surface area (Å²) in [6, 6.07) is 3.81. The van der Waals surface area contributed by atoms with Crippen LogP contribution in [0.3, 0.4) is 0 Å². The highest BCUT2D eigenvalue weighted by Gasteiger charge is 2.40. The summed E-state index contributed by atoms with van der Waals surface area (Å²) >= 11 is 0. The lowest BCUT2D eigenvalue weighted by atomic mass is 10.0. The number of pyridine rings is 1. The fourth-order valence-corrected chi connectivity index (χ4v) is 6.04. The molecule has 0 radical (unpaired) electrons. The molecule has 1 aromatic heterocycles. The molecule has 12 nitrogen and oxygen atoms in total. The summed E-state index contributed by atoms with van der Waals surface area (Å²) in [7, 11) is -3.96. The topological polar surface area (TPSA) is 163 Å². The Kier molecular flexibility index (Phi) is 9.14. The molecule has 13 heteroatoms. The lowest BCUT2D eigenvalue weighted by molar-refractivity contribution is -0.128. The van der Waals surface area contributed by atoms with Gasteiger partial charge in [-0.1, -0.05) is 13.0 Å². The van der Waals surface area contributed by atoms with E-state index in [1.54, 1.807) is 36.9 Å². The van der Waals surface area contributed by atoms with Gasteiger partial charge in [-0.05, 0) is 38.3 Å². The van der Waals surface area contributed by atoms with E-state index in [1.807, 2.05) is 0 Å². The minimum absolute atomic E-state index is 0.0486. The standard InChI is InChI=1S/C23H34N6O6S/c1-16(22(24)32)6-9-21(31)26-18-8-7-17(2)29(15-20(18)30)36(34,35)28-13-11-27(12-14-28)23(33)19-5-3-4-10-25-19/h3-5,10,16-18H,6-9,11-15H2,1-2H3,(H2,24,32)(H,26,31)/t16-,17+,18-/m0/s1. The third-order valence-corrected chi connectivity index (χ3v) is 8.82. The SMILES string of the molecule is C[C@@H]1CC[C@H](NC(=O)CC[C@H](C)C(N)=O)C(=O)CN1S(=O)(=O)N1CCN(C(=O)c2ccccn2)CC1. The summed E-state index contributed by atoms with van der Waals surface area (Å²) < 4.78 is 29.3. The van der Waals surface area contributed by atoms with Gasteiger partial charge in [0.1, 0.15) is 5.69 Å². The van der Waals surface area contributed by atoms with E-state index >= 15 is 0 Å². The quantitative estimate of drug-likeness (QED) is 0.466. The molecule has 0 unspecified atom stereocenters. The number of nitrogens with zero attached hydrogens (tertiary/aromatic N) is 4. The highest BCUT2D eigenvalue weighted by atomic mass is 32.2. The van der Waals surface area contributed by atoms with Gasteiger partial charge in [0.25, 0.3) is 16.1 Å². The number of hydrogen-bond donors (Lipinski definition) is 2. The fourth-order valence-electron chi connectivity index (χ4n) is 4.27. The zero-order valence-corrected chi connectivity index (χ0v) is 21.4. The number of rotatable bonds is 8. The van der Waals surface area contributed by atoms with Crippen LogP contribution < -0.4 is 11.1 Å². The molecule has 1 aromatic rings. The molecule has 0 saturated carbocycles. The molecule has 3 N–H and O–H groups in total. The molecular formula is C23H34N6O6S. The lowest BCUT2D eigenvalue weighted by Crippen LogP contribution is -2.56. The van der Waals surface area contributed by atoms with Gasteiger partial charge in [0.2, 0.25) is 11.8 Å². The summed E-state index contributed by atoms with van der Waals surface area (Å²) in [4.78, 5) is 54.6. The Balaban J connectivity index is 1.58. The maximum atomic E-state index is 13.4. The van der Waals surface area contributed by atoms with Crippen LogP contribution in [0.4, 0.5) is 0 Å². The van der Waals surface area contributed by atoms with Crippen LogP contribution in [0.2, 0.25) is 0 Å². The first kappa shape index (κ1) is 27.7. The zero-order chi connectivity index (χ0) is 26.5. The molecule has 3 atom stereocenters. The molecule has 198 valence electrons. The van der Waals surface area contributed by atoms with Gasteiger partial charge in [0.05, 0.1) is 12.6 Å². The van der Waals surface area contributed by atoms with Gasteiger partial charge in [0, 0.05) is 50.8 Å². The Morgan fingerprint density at radius 3 is 2.47 bits per heavy atom. The normalized spacial score (nSPS) is 23.1. The van der Waals surface area contributed by atoms with Gasteiger partial charge >= 0.3 is 0 Å². The van der Waals surface area contributed by atoms with Crippen molar-refractivity contribution in [3.63, 3.8) is 0 Å². The molecule has 2 fully saturated rings. The second-order valence-corrected chi connectivity index (χ2v) is 11.2. The molecule has 0 spiro atoms. The van der Waals surface area contributed by atoms with E-state index in [-0.39, 0.29) is 63.2 Å². The van der Waals surface area contributed by atoms with Crippen LogP contribution in [-0.2, 0) is 24.6 Å². The second-order valence-electron chi connectivity index (χ2n) is 9.31. The minimum atomic E-state index is -3.96. The molecule has 3 amide bonds. The van der Waals surface area contributed by atoms with Crippen LogP contribution in [0, 0.1) is 5.92 Å². The van der Waals surface area contributed by atoms with Gasteiger partial charge in [0.15, 0.2) is 5.78 Å². The Bertz CT molecular complexity index is 1070. The first-order valence-electron chi connectivity index (χ1n) is 12.1. The van der Waals surface area contributed by atoms with Gasteiger partial charge in [-0.2, -0.15) is 17.0 Å².